The molecule has 0 amide bonds. The first-order valence-corrected chi connectivity index (χ1v) is 11.6. The van der Waals surface area contributed by atoms with Gasteiger partial charge in [-0.2, -0.15) is 0 Å². The van der Waals surface area contributed by atoms with E-state index in [9.17, 15) is 0 Å². The Morgan fingerprint density at radius 1 is 0.692 bits per heavy atom. The van der Waals surface area contributed by atoms with Gasteiger partial charge in [-0.3, -0.25) is 10.0 Å². The van der Waals surface area contributed by atoms with E-state index in [-0.39, 0.29) is 14.1 Å². The molecule has 0 fully saturated rings. The van der Waals surface area contributed by atoms with Crippen LogP contribution in [-0.2, 0) is 0 Å². The van der Waals surface area contributed by atoms with Gasteiger partial charge in [-0.15, -0.1) is 0 Å². The highest BCUT2D eigenvalue weighted by Gasteiger charge is 2.06. The number of hydrogen-bond acceptors (Lipinski definition) is 0. The lowest BCUT2D eigenvalue weighted by molar-refractivity contribution is 1.24. The molecule has 0 aliphatic rings. The average Bonchev–Trinajstić information content (AvgIpc) is 2.20. The third-order valence-electron chi connectivity index (χ3n) is 2.62. The van der Waals surface area contributed by atoms with Gasteiger partial charge in [-0.1, -0.05) is 61.0 Å². The van der Waals surface area contributed by atoms with Gasteiger partial charge in [-0.05, 0) is 0 Å². The minimum Gasteiger partial charge on any atom is -0.261 e. The second-order valence-electron chi connectivity index (χ2n) is 3.50. The molecule has 13 heavy (non-hydrogen) atoms. The molecular formula is C10H25Al2Cl. The molecule has 0 rings (SSSR count). The maximum atomic E-state index is 5.79. The van der Waals surface area contributed by atoms with Crippen molar-refractivity contribution >= 4 is 37.4 Å². The minimum absolute atomic E-state index is 0.171. The zero-order valence-corrected chi connectivity index (χ0v) is 13.1. The molecule has 0 saturated carbocycles. The van der Waals surface area contributed by atoms with Crippen molar-refractivity contribution in [2.75, 3.05) is 0 Å². The molecule has 0 aliphatic carbocycles. The minimum atomic E-state index is -0.688. The molecule has 0 nitrogen and oxygen atoms in total. The molecule has 0 atom stereocenters. The monoisotopic (exact) mass is 234 g/mol. The van der Waals surface area contributed by atoms with E-state index in [0.717, 1.165) is 0 Å². The maximum Gasteiger partial charge on any atom is 0.399 e. The van der Waals surface area contributed by atoms with Gasteiger partial charge >= 0.3 is 13.2 Å². The maximum absolute atomic E-state index is 5.79. The van der Waals surface area contributed by atoms with Gasteiger partial charge < -0.3 is 0 Å². The summed E-state index contributed by atoms with van der Waals surface area (Å²) in [4.78, 5) is 0. The second kappa shape index (κ2) is 13.4. The summed E-state index contributed by atoms with van der Waals surface area (Å²) in [5, 5.41) is 6.95. The smallest absolute Gasteiger partial charge is 0.261 e. The zero-order chi connectivity index (χ0) is 10.7. The number of hydrogen-bond donors (Lipinski definition) is 0. The summed E-state index contributed by atoms with van der Waals surface area (Å²) < 4.78 is 0. The van der Waals surface area contributed by atoms with Crippen LogP contribution in [0, 0.1) is 0 Å². The standard InChI is InChI=1S/5C2H5.2Al.ClH/c5*1-2;;;/h5*1H2,2H3;;;1H/q;;;;;;+1;/p-1. The molecule has 0 N–H and O–H groups in total. The first-order valence-electron chi connectivity index (χ1n) is 5.79. The Morgan fingerprint density at radius 3 is 1.00 bits per heavy atom. The van der Waals surface area contributed by atoms with Crippen molar-refractivity contribution < 1.29 is 0 Å². The third kappa shape index (κ3) is 13.4. The molecule has 0 aromatic carbocycles. The summed E-state index contributed by atoms with van der Waals surface area (Å²) in [6, 6.07) is 0. The highest BCUT2D eigenvalue weighted by Crippen LogP contribution is 2.01. The predicted molar refractivity (Wildman–Crippen MR) is 69.8 cm³/mol. The van der Waals surface area contributed by atoms with Crippen LogP contribution >= 0.6 is 10.0 Å². The fourth-order valence-electron chi connectivity index (χ4n) is 1.15. The van der Waals surface area contributed by atoms with Gasteiger partial charge in [0.2, 0.25) is 0 Å². The van der Waals surface area contributed by atoms with E-state index < -0.39 is 13.2 Å². The summed E-state index contributed by atoms with van der Waals surface area (Å²) in [5.41, 5.74) is 0. The van der Waals surface area contributed by atoms with E-state index in [2.05, 4.69) is 34.6 Å². The van der Waals surface area contributed by atoms with Gasteiger partial charge in [0.15, 0.2) is 0 Å². The van der Waals surface area contributed by atoms with Gasteiger partial charge in [0, 0.05) is 0 Å². The highest BCUT2D eigenvalue weighted by atomic mass is 35.6. The number of halogens is 1. The van der Waals surface area contributed by atoms with E-state index in [1.807, 2.05) is 0 Å². The molecule has 0 bridgehead atoms. The van der Waals surface area contributed by atoms with Crippen molar-refractivity contribution in [3.63, 3.8) is 0 Å². The Kier molecular flexibility index (Phi) is 17.2. The lowest BCUT2D eigenvalue weighted by Gasteiger charge is -1.97. The molecule has 0 saturated heterocycles. The van der Waals surface area contributed by atoms with Crippen LogP contribution in [0.4, 0.5) is 0 Å². The van der Waals surface area contributed by atoms with E-state index in [1.54, 1.807) is 0 Å². The molecule has 0 heterocycles. The van der Waals surface area contributed by atoms with Crippen LogP contribution in [0.1, 0.15) is 34.6 Å². The van der Waals surface area contributed by atoms with Crippen molar-refractivity contribution in [2.24, 2.45) is 0 Å². The molecule has 0 aromatic heterocycles. The molecule has 0 spiro atoms. The van der Waals surface area contributed by atoms with E-state index in [0.29, 0.717) is 0 Å². The van der Waals surface area contributed by atoms with Crippen LogP contribution < -0.4 is 0 Å². The van der Waals surface area contributed by atoms with Crippen molar-refractivity contribution in [3.05, 3.63) is 0 Å². The number of rotatable bonds is 5. The van der Waals surface area contributed by atoms with Gasteiger partial charge in [0.1, 0.15) is 0 Å². The van der Waals surface area contributed by atoms with Gasteiger partial charge in [0.05, 0.1) is 0 Å². The normalized spacial score (nSPS) is 8.77. The average molecular weight is 235 g/mol. The molecule has 3 heteroatoms. The first-order chi connectivity index (χ1) is 6.15. The molecule has 78 valence electrons. The second-order valence-corrected chi connectivity index (χ2v) is 12.4. The SMILES string of the molecule is C[CH2][Al]([CH2]C)[CH2]C.C[CH2][Al]([Cl])[CH2]C. The summed E-state index contributed by atoms with van der Waals surface area (Å²) in [7, 11) is 5.79. The largest absolute Gasteiger partial charge is 0.399 e. The molecule has 0 aromatic rings. The third-order valence-corrected chi connectivity index (χ3v) is 9.71. The molecule has 0 aliphatic heterocycles. The Morgan fingerprint density at radius 2 is 1.00 bits per heavy atom. The molecular weight excluding hydrogens is 210 g/mol. The summed E-state index contributed by atoms with van der Waals surface area (Å²) in [6.07, 6.45) is 0. The van der Waals surface area contributed by atoms with Gasteiger partial charge in [-0.25, -0.2) is 0 Å². The van der Waals surface area contributed by atoms with Crippen LogP contribution in [0.5, 0.6) is 0 Å². The van der Waals surface area contributed by atoms with Crippen LogP contribution in [0.25, 0.3) is 0 Å². The first kappa shape index (κ1) is 16.8. The van der Waals surface area contributed by atoms with Crippen LogP contribution in [0.3, 0.4) is 0 Å². The lowest BCUT2D eigenvalue weighted by Crippen LogP contribution is -2.04. The van der Waals surface area contributed by atoms with Crippen molar-refractivity contribution in [2.45, 2.75) is 61.0 Å². The van der Waals surface area contributed by atoms with Gasteiger partial charge in [0.25, 0.3) is 14.1 Å². The highest BCUT2D eigenvalue weighted by molar-refractivity contribution is 7.06. The van der Waals surface area contributed by atoms with E-state index in [1.165, 1.54) is 26.4 Å². The quantitative estimate of drug-likeness (QED) is 0.600. The van der Waals surface area contributed by atoms with Crippen LogP contribution in [0.2, 0.25) is 26.4 Å². The molecule has 0 unspecified atom stereocenters. The Hall–Kier alpha value is 1.35. The Bertz CT molecular complexity index is 75.5. The zero-order valence-electron chi connectivity index (χ0n) is 10.1. The van der Waals surface area contributed by atoms with E-state index >= 15 is 0 Å². The van der Waals surface area contributed by atoms with Crippen molar-refractivity contribution in [1.82, 2.24) is 0 Å². The summed E-state index contributed by atoms with van der Waals surface area (Å²) in [6.45, 7) is 11.3. The fourth-order valence-corrected chi connectivity index (χ4v) is 3.46. The Labute approximate surface area is 98.0 Å². The van der Waals surface area contributed by atoms with Crippen LogP contribution in [-0.4, -0.2) is 27.4 Å². The topological polar surface area (TPSA) is 0 Å². The van der Waals surface area contributed by atoms with Crippen molar-refractivity contribution in [1.29, 1.82) is 0 Å². The molecule has 0 radical (unpaired) electrons. The summed E-state index contributed by atoms with van der Waals surface area (Å²) in [5.74, 6) is 0. The lowest BCUT2D eigenvalue weighted by atomic mass is 10.9. The fraction of sp³-hybridized carbons (Fsp3) is 1.00. The van der Waals surface area contributed by atoms with E-state index in [4.69, 9.17) is 10.0 Å². The predicted octanol–water partition coefficient (Wildman–Crippen LogP) is 4.80. The van der Waals surface area contributed by atoms with Crippen LogP contribution in [0.15, 0.2) is 0 Å². The summed E-state index contributed by atoms with van der Waals surface area (Å²) >= 11 is -0.860. The van der Waals surface area contributed by atoms with Crippen molar-refractivity contribution in [3.8, 4) is 0 Å². The Balaban J connectivity index is 0.